The molecule has 9 heteroatoms. The molecule has 8 nitrogen and oxygen atoms in total. The number of carbonyl (C=O) groups excluding carboxylic acids is 1. The van der Waals surface area contributed by atoms with Gasteiger partial charge in [0, 0.05) is 10.6 Å². The molecular formula is C19H16ClN3O5. The molecule has 0 saturated heterocycles. The molecule has 2 aromatic carbocycles. The fourth-order valence-electron chi connectivity index (χ4n) is 2.51. The van der Waals surface area contributed by atoms with Crippen LogP contribution in [0, 0.1) is 0 Å². The minimum absolute atomic E-state index is 0.288. The Hall–Kier alpha value is -3.39. The van der Waals surface area contributed by atoms with Crippen LogP contribution in [0.5, 0.6) is 5.75 Å². The molecule has 0 fully saturated rings. The Balaban J connectivity index is 2.02. The summed E-state index contributed by atoms with van der Waals surface area (Å²) in [6.45, 7) is 1.53. The predicted molar refractivity (Wildman–Crippen MR) is 105 cm³/mol. The maximum absolute atomic E-state index is 12.5. The van der Waals surface area contributed by atoms with E-state index in [0.29, 0.717) is 26.2 Å². The Morgan fingerprint density at radius 3 is 2.75 bits per heavy atom. The van der Waals surface area contributed by atoms with Crippen LogP contribution in [-0.2, 0) is 9.53 Å². The number of methoxy groups -OCH3 is 1. The van der Waals surface area contributed by atoms with Gasteiger partial charge in [-0.05, 0) is 37.3 Å². The molecule has 0 aliphatic rings. The third-order valence-corrected chi connectivity index (χ3v) is 4.14. The van der Waals surface area contributed by atoms with Crippen molar-refractivity contribution in [1.29, 1.82) is 0 Å². The molecule has 3 rings (SSSR count). The Kier molecular flexibility index (Phi) is 5.60. The summed E-state index contributed by atoms with van der Waals surface area (Å²) in [6.07, 6.45) is 0.390. The summed E-state index contributed by atoms with van der Waals surface area (Å²) < 4.78 is 10.9. The van der Waals surface area contributed by atoms with Crippen LogP contribution in [0.15, 0.2) is 57.2 Å². The number of para-hydroxylation sites is 1. The van der Waals surface area contributed by atoms with Crippen LogP contribution in [0.2, 0.25) is 5.02 Å². The van der Waals surface area contributed by atoms with Gasteiger partial charge in [-0.15, -0.1) is 4.68 Å². The van der Waals surface area contributed by atoms with Crippen molar-refractivity contribution >= 4 is 34.7 Å². The predicted octanol–water partition coefficient (Wildman–Crippen LogP) is 2.17. The topological polar surface area (TPSA) is 103 Å². The first-order valence-corrected chi connectivity index (χ1v) is 8.61. The fraction of sp³-hybridized carbons (Fsp3) is 0.158. The van der Waals surface area contributed by atoms with Gasteiger partial charge in [0.15, 0.2) is 6.10 Å². The summed E-state index contributed by atoms with van der Waals surface area (Å²) >= 11 is 6.02. The Morgan fingerprint density at radius 2 is 2.00 bits per heavy atom. The normalized spacial score (nSPS) is 12.2. The minimum atomic E-state index is -0.870. The lowest BCUT2D eigenvalue weighted by molar-refractivity contribution is -0.147. The van der Waals surface area contributed by atoms with Crippen LogP contribution >= 0.6 is 11.6 Å². The molecule has 0 aliphatic heterocycles. The van der Waals surface area contributed by atoms with Crippen molar-refractivity contribution in [1.82, 2.24) is 9.66 Å². The van der Waals surface area contributed by atoms with Crippen LogP contribution < -0.4 is 16.0 Å². The molecule has 1 N–H and O–H groups in total. The molecule has 1 heterocycles. The molecule has 28 heavy (non-hydrogen) atoms. The fourth-order valence-corrected chi connectivity index (χ4v) is 2.69. The van der Waals surface area contributed by atoms with Crippen molar-refractivity contribution < 1.29 is 14.3 Å². The zero-order valence-corrected chi connectivity index (χ0v) is 15.8. The molecule has 0 unspecified atom stereocenters. The molecule has 0 saturated carbocycles. The largest absolute Gasteiger partial charge is 0.478 e. The minimum Gasteiger partial charge on any atom is -0.478 e. The standard InChI is InChI=1S/C19H16ClN3O5/c1-11(18(25)27-2)28-16-8-7-13(20)9-12(16)10-21-23-17(24)14-5-3-4-6-15(14)22-19(23)26/h3-11H,1-2H3,(H,22,26)/t11-/m1/s1. The molecule has 3 aromatic rings. The second kappa shape index (κ2) is 8.10. The summed E-state index contributed by atoms with van der Waals surface area (Å²) in [7, 11) is 1.25. The zero-order valence-electron chi connectivity index (χ0n) is 15.0. The number of hydrogen-bond donors (Lipinski definition) is 1. The van der Waals surface area contributed by atoms with E-state index in [-0.39, 0.29) is 5.75 Å². The summed E-state index contributed by atoms with van der Waals surface area (Å²) in [6, 6.07) is 11.3. The first-order valence-electron chi connectivity index (χ1n) is 8.23. The molecule has 0 bridgehead atoms. The van der Waals surface area contributed by atoms with Crippen molar-refractivity contribution in [2.45, 2.75) is 13.0 Å². The van der Waals surface area contributed by atoms with E-state index in [1.165, 1.54) is 26.3 Å². The first kappa shape index (κ1) is 19.4. The molecule has 1 atom stereocenters. The quantitative estimate of drug-likeness (QED) is 0.521. The third-order valence-electron chi connectivity index (χ3n) is 3.90. The summed E-state index contributed by atoms with van der Waals surface area (Å²) in [4.78, 5) is 38.9. The molecule has 0 aliphatic carbocycles. The van der Waals surface area contributed by atoms with E-state index in [1.54, 1.807) is 36.4 Å². The highest BCUT2D eigenvalue weighted by atomic mass is 35.5. The van der Waals surface area contributed by atoms with Gasteiger partial charge in [0.05, 0.1) is 24.2 Å². The van der Waals surface area contributed by atoms with E-state index in [9.17, 15) is 14.4 Å². The highest BCUT2D eigenvalue weighted by Crippen LogP contribution is 2.22. The smallest absolute Gasteiger partial charge is 0.349 e. The number of H-pyrrole nitrogens is 1. The van der Waals surface area contributed by atoms with Crippen molar-refractivity contribution in [3.05, 3.63) is 73.9 Å². The molecule has 144 valence electrons. The summed E-state index contributed by atoms with van der Waals surface area (Å²) in [5.41, 5.74) is -0.458. The van der Waals surface area contributed by atoms with E-state index in [2.05, 4.69) is 14.8 Å². The molecule has 0 spiro atoms. The number of hydrogen-bond acceptors (Lipinski definition) is 6. The van der Waals surface area contributed by atoms with Gasteiger partial charge in [0.2, 0.25) is 0 Å². The Morgan fingerprint density at radius 1 is 1.25 bits per heavy atom. The van der Waals surface area contributed by atoms with Gasteiger partial charge in [-0.2, -0.15) is 5.10 Å². The number of fused-ring (bicyclic) bond motifs is 1. The maximum atomic E-state index is 12.5. The second-order valence-corrected chi connectivity index (χ2v) is 6.24. The average Bonchev–Trinajstić information content (AvgIpc) is 2.68. The van der Waals surface area contributed by atoms with E-state index >= 15 is 0 Å². The van der Waals surface area contributed by atoms with Gasteiger partial charge in [0.25, 0.3) is 5.56 Å². The van der Waals surface area contributed by atoms with E-state index in [0.717, 1.165) is 0 Å². The number of aromatic nitrogens is 2. The number of nitrogens with one attached hydrogen (secondary N) is 1. The van der Waals surface area contributed by atoms with Crippen LogP contribution in [0.4, 0.5) is 0 Å². The van der Waals surface area contributed by atoms with Crippen molar-refractivity contribution in [3.63, 3.8) is 0 Å². The lowest BCUT2D eigenvalue weighted by Gasteiger charge is -2.14. The monoisotopic (exact) mass is 401 g/mol. The SMILES string of the molecule is COC(=O)[C@@H](C)Oc1ccc(Cl)cc1C=Nn1c(=O)[nH]c2ccccc2c1=O. The number of nitrogens with zero attached hydrogens (tertiary/aromatic N) is 2. The van der Waals surface area contributed by atoms with Crippen LogP contribution in [0.25, 0.3) is 10.9 Å². The number of ether oxygens (including phenoxy) is 2. The van der Waals surface area contributed by atoms with Gasteiger partial charge in [0.1, 0.15) is 5.75 Å². The molecule has 0 radical (unpaired) electrons. The van der Waals surface area contributed by atoms with Crippen molar-refractivity contribution in [3.8, 4) is 5.75 Å². The van der Waals surface area contributed by atoms with Crippen molar-refractivity contribution in [2.75, 3.05) is 7.11 Å². The first-order chi connectivity index (χ1) is 13.4. The second-order valence-electron chi connectivity index (χ2n) is 5.80. The highest BCUT2D eigenvalue weighted by molar-refractivity contribution is 6.30. The van der Waals surface area contributed by atoms with Gasteiger partial charge in [-0.1, -0.05) is 23.7 Å². The van der Waals surface area contributed by atoms with Crippen LogP contribution in [-0.4, -0.2) is 35.1 Å². The van der Waals surface area contributed by atoms with Crippen LogP contribution in [0.1, 0.15) is 12.5 Å². The zero-order chi connectivity index (χ0) is 20.3. The van der Waals surface area contributed by atoms with Crippen LogP contribution in [0.3, 0.4) is 0 Å². The Bertz CT molecular complexity index is 1180. The highest BCUT2D eigenvalue weighted by Gasteiger charge is 2.16. The number of aromatic amines is 1. The Labute approximate surface area is 164 Å². The van der Waals surface area contributed by atoms with Gasteiger partial charge >= 0.3 is 11.7 Å². The lowest BCUT2D eigenvalue weighted by Crippen LogP contribution is -2.32. The number of halogens is 1. The summed E-state index contributed by atoms with van der Waals surface area (Å²) in [5.74, 6) is -0.267. The average molecular weight is 402 g/mol. The lowest BCUT2D eigenvalue weighted by atomic mass is 10.2. The summed E-state index contributed by atoms with van der Waals surface area (Å²) in [5, 5.41) is 4.69. The van der Waals surface area contributed by atoms with Crippen molar-refractivity contribution in [2.24, 2.45) is 5.10 Å². The number of rotatable bonds is 5. The molecule has 0 amide bonds. The van der Waals surface area contributed by atoms with Gasteiger partial charge in [-0.25, -0.2) is 9.59 Å². The van der Waals surface area contributed by atoms with Gasteiger partial charge in [-0.3, -0.25) is 4.79 Å². The van der Waals surface area contributed by atoms with E-state index in [4.69, 9.17) is 16.3 Å². The number of esters is 1. The maximum Gasteiger partial charge on any atom is 0.349 e. The van der Waals surface area contributed by atoms with E-state index < -0.39 is 23.3 Å². The third kappa shape index (κ3) is 3.96. The van der Waals surface area contributed by atoms with Gasteiger partial charge < -0.3 is 14.5 Å². The molecular weight excluding hydrogens is 386 g/mol. The molecule has 1 aromatic heterocycles. The van der Waals surface area contributed by atoms with E-state index in [1.807, 2.05) is 0 Å². The number of carbonyl (C=O) groups is 1. The number of benzene rings is 2.